The van der Waals surface area contributed by atoms with E-state index in [1.807, 2.05) is 25.3 Å². The number of halogens is 5. The number of ether oxygens (including phenoxy) is 1. The minimum absolute atomic E-state index is 0.0157. The lowest BCUT2D eigenvalue weighted by molar-refractivity contribution is -0.141. The summed E-state index contributed by atoms with van der Waals surface area (Å²) < 4.78 is 71.0. The molecule has 8 heteroatoms. The van der Waals surface area contributed by atoms with E-state index in [0.29, 0.717) is 19.3 Å². The van der Waals surface area contributed by atoms with Crippen LogP contribution in [0.15, 0.2) is 58.9 Å². The molecule has 0 aliphatic heterocycles. The Kier molecular flexibility index (Phi) is 9.02. The average molecular weight is 497 g/mol. The number of aliphatic imine (C=N–C) groups is 1. The van der Waals surface area contributed by atoms with Crippen LogP contribution in [0, 0.1) is 11.8 Å². The first-order chi connectivity index (χ1) is 16.5. The van der Waals surface area contributed by atoms with Crippen molar-refractivity contribution in [1.82, 2.24) is 4.98 Å². The standard InChI is InChI=1S/C27H33F5N2O/c1-4-5-22(17-33-18(2)21-12-13-26(28,29)15-21)23-10-8-19(14-24(23)35-3)6-7-20-9-11-25(34-16-20)27(30,31)32/h8-11,14,16-17,21,23-24H,4-7,12-13,15H2,1-3H3/b22-17+,33-18?. The maximum absolute atomic E-state index is 13.6. The Bertz CT molecular complexity index is 976. The molecule has 0 bridgehead atoms. The van der Waals surface area contributed by atoms with Crippen LogP contribution in [0.4, 0.5) is 22.0 Å². The smallest absolute Gasteiger partial charge is 0.376 e. The quantitative estimate of drug-likeness (QED) is 0.259. The van der Waals surface area contributed by atoms with E-state index in [0.717, 1.165) is 41.3 Å². The third-order valence-electron chi connectivity index (χ3n) is 6.73. The summed E-state index contributed by atoms with van der Waals surface area (Å²) in [6.07, 6.45) is 7.78. The average Bonchev–Trinajstić information content (AvgIpc) is 3.19. The van der Waals surface area contributed by atoms with E-state index in [1.54, 1.807) is 7.11 Å². The molecule has 1 aromatic heterocycles. The lowest BCUT2D eigenvalue weighted by Gasteiger charge is -2.27. The molecule has 192 valence electrons. The van der Waals surface area contributed by atoms with Crippen LogP contribution in [-0.2, 0) is 17.3 Å². The third-order valence-corrected chi connectivity index (χ3v) is 6.73. The van der Waals surface area contributed by atoms with E-state index in [9.17, 15) is 22.0 Å². The molecule has 0 aromatic carbocycles. The van der Waals surface area contributed by atoms with Gasteiger partial charge in [-0.05, 0) is 55.4 Å². The SMILES string of the molecule is CCC/C(=C\N=C(C)C1CCC(F)(F)C1)C1C=CC(CCc2ccc(C(F)(F)F)nc2)=CC1OC. The second-order valence-electron chi connectivity index (χ2n) is 9.40. The van der Waals surface area contributed by atoms with Gasteiger partial charge in [0.15, 0.2) is 0 Å². The molecular formula is C27H33F5N2O. The fourth-order valence-electron chi connectivity index (χ4n) is 4.65. The summed E-state index contributed by atoms with van der Waals surface area (Å²) in [6, 6.07) is 2.47. The summed E-state index contributed by atoms with van der Waals surface area (Å²) in [7, 11) is 1.64. The molecule has 0 radical (unpaired) electrons. The van der Waals surface area contributed by atoms with Gasteiger partial charge in [-0.2, -0.15) is 13.2 Å². The highest BCUT2D eigenvalue weighted by atomic mass is 19.4. The molecule has 1 heterocycles. The van der Waals surface area contributed by atoms with Gasteiger partial charge in [-0.3, -0.25) is 9.98 Å². The molecule has 3 atom stereocenters. The minimum Gasteiger partial charge on any atom is -0.376 e. The van der Waals surface area contributed by atoms with Gasteiger partial charge in [-0.15, -0.1) is 0 Å². The van der Waals surface area contributed by atoms with Crippen molar-refractivity contribution < 1.29 is 26.7 Å². The highest BCUT2D eigenvalue weighted by Gasteiger charge is 2.40. The predicted octanol–water partition coefficient (Wildman–Crippen LogP) is 7.74. The highest BCUT2D eigenvalue weighted by molar-refractivity contribution is 5.85. The number of alkyl halides is 5. The van der Waals surface area contributed by atoms with E-state index >= 15 is 0 Å². The Morgan fingerprint density at radius 1 is 1.26 bits per heavy atom. The van der Waals surface area contributed by atoms with Crippen molar-refractivity contribution in [2.45, 2.75) is 77.0 Å². The van der Waals surface area contributed by atoms with Gasteiger partial charge in [0.2, 0.25) is 5.92 Å². The van der Waals surface area contributed by atoms with Crippen LogP contribution >= 0.6 is 0 Å². The van der Waals surface area contributed by atoms with Crippen LogP contribution in [0.5, 0.6) is 0 Å². The molecule has 0 amide bonds. The molecule has 1 fully saturated rings. The van der Waals surface area contributed by atoms with Crippen LogP contribution in [0.2, 0.25) is 0 Å². The molecule has 3 unspecified atom stereocenters. The zero-order chi connectivity index (χ0) is 25.6. The van der Waals surface area contributed by atoms with Gasteiger partial charge < -0.3 is 4.74 Å². The number of hydrogen-bond acceptors (Lipinski definition) is 3. The molecule has 2 aliphatic rings. The first-order valence-corrected chi connectivity index (χ1v) is 12.1. The fraction of sp³-hybridized carbons (Fsp3) is 0.556. The molecule has 0 saturated heterocycles. The van der Waals surface area contributed by atoms with Gasteiger partial charge >= 0.3 is 6.18 Å². The van der Waals surface area contributed by atoms with Crippen molar-refractivity contribution in [2.75, 3.05) is 7.11 Å². The lowest BCUT2D eigenvalue weighted by atomic mass is 9.84. The van der Waals surface area contributed by atoms with Crippen LogP contribution in [0.1, 0.15) is 63.6 Å². The second kappa shape index (κ2) is 11.6. The molecule has 3 rings (SSSR count). The van der Waals surface area contributed by atoms with Crippen molar-refractivity contribution in [2.24, 2.45) is 16.8 Å². The molecule has 3 nitrogen and oxygen atoms in total. The molecule has 0 N–H and O–H groups in total. The first kappa shape index (κ1) is 27.2. The zero-order valence-electron chi connectivity index (χ0n) is 20.4. The number of aryl methyl sites for hydroxylation is 1. The molecule has 1 saturated carbocycles. The number of hydrogen-bond donors (Lipinski definition) is 0. The summed E-state index contributed by atoms with van der Waals surface area (Å²) in [4.78, 5) is 8.10. The Labute approximate surface area is 203 Å². The maximum atomic E-state index is 13.6. The van der Waals surface area contributed by atoms with E-state index in [1.165, 1.54) is 12.3 Å². The largest absolute Gasteiger partial charge is 0.433 e. The fourth-order valence-corrected chi connectivity index (χ4v) is 4.65. The Morgan fingerprint density at radius 3 is 2.60 bits per heavy atom. The number of aromatic nitrogens is 1. The van der Waals surface area contributed by atoms with Crippen LogP contribution < -0.4 is 0 Å². The minimum atomic E-state index is -4.44. The van der Waals surface area contributed by atoms with Crippen molar-refractivity contribution in [3.05, 3.63) is 65.2 Å². The second-order valence-corrected chi connectivity index (χ2v) is 9.40. The number of rotatable bonds is 9. The number of pyridine rings is 1. The summed E-state index contributed by atoms with van der Waals surface area (Å²) in [5.41, 5.74) is 2.71. The normalized spacial score (nSPS) is 25.1. The highest BCUT2D eigenvalue weighted by Crippen LogP contribution is 2.39. The van der Waals surface area contributed by atoms with Crippen molar-refractivity contribution >= 4 is 5.71 Å². The van der Waals surface area contributed by atoms with Crippen LogP contribution in [-0.4, -0.2) is 29.8 Å². The maximum Gasteiger partial charge on any atom is 0.433 e. The zero-order valence-corrected chi connectivity index (χ0v) is 20.4. The van der Waals surface area contributed by atoms with Crippen LogP contribution in [0.3, 0.4) is 0 Å². The van der Waals surface area contributed by atoms with Gasteiger partial charge in [0.25, 0.3) is 0 Å². The van der Waals surface area contributed by atoms with Gasteiger partial charge in [-0.25, -0.2) is 8.78 Å². The topological polar surface area (TPSA) is 34.5 Å². The van der Waals surface area contributed by atoms with E-state index in [-0.39, 0.29) is 30.8 Å². The molecule has 35 heavy (non-hydrogen) atoms. The summed E-state index contributed by atoms with van der Waals surface area (Å²) >= 11 is 0. The van der Waals surface area contributed by atoms with Crippen molar-refractivity contribution in [3.63, 3.8) is 0 Å². The van der Waals surface area contributed by atoms with E-state index < -0.39 is 17.8 Å². The number of allylic oxidation sites excluding steroid dienone is 2. The van der Waals surface area contributed by atoms with Gasteiger partial charge in [-0.1, -0.05) is 37.6 Å². The summed E-state index contributed by atoms with van der Waals surface area (Å²) in [5, 5.41) is 0. The third kappa shape index (κ3) is 7.56. The molecule has 2 aliphatic carbocycles. The Morgan fingerprint density at radius 2 is 2.03 bits per heavy atom. The van der Waals surface area contributed by atoms with E-state index in [4.69, 9.17) is 4.74 Å². The van der Waals surface area contributed by atoms with E-state index in [2.05, 4.69) is 23.0 Å². The van der Waals surface area contributed by atoms with Gasteiger partial charge in [0.05, 0.1) is 6.10 Å². The number of nitrogens with zero attached hydrogens (tertiary/aromatic N) is 2. The molecular weight excluding hydrogens is 463 g/mol. The molecule has 1 aromatic rings. The Hall–Kier alpha value is -2.35. The van der Waals surface area contributed by atoms with Crippen molar-refractivity contribution in [1.29, 1.82) is 0 Å². The summed E-state index contributed by atoms with van der Waals surface area (Å²) in [6.45, 7) is 3.90. The number of methoxy groups -OCH3 is 1. The van der Waals surface area contributed by atoms with Crippen LogP contribution in [0.25, 0.3) is 0 Å². The van der Waals surface area contributed by atoms with Crippen molar-refractivity contribution in [3.8, 4) is 0 Å². The monoisotopic (exact) mass is 496 g/mol. The van der Waals surface area contributed by atoms with Gasteiger partial charge in [0.1, 0.15) is 5.69 Å². The molecule has 0 spiro atoms. The van der Waals surface area contributed by atoms with Gasteiger partial charge in [0, 0.05) is 49.9 Å². The first-order valence-electron chi connectivity index (χ1n) is 12.1. The predicted molar refractivity (Wildman–Crippen MR) is 127 cm³/mol. The Balaban J connectivity index is 1.67. The summed E-state index contributed by atoms with van der Waals surface area (Å²) in [5.74, 6) is -2.80. The lowest BCUT2D eigenvalue weighted by Crippen LogP contribution is -2.24.